The Morgan fingerprint density at radius 2 is 1.86 bits per heavy atom. The predicted molar refractivity (Wildman–Crippen MR) is 86.3 cm³/mol. The number of nitrogens with zero attached hydrogens (tertiary/aromatic N) is 4. The van der Waals surface area contributed by atoms with E-state index in [4.69, 9.17) is 4.74 Å². The molecular weight excluding hydrogens is 300 g/mol. The van der Waals surface area contributed by atoms with Crippen LogP contribution in [0.2, 0.25) is 0 Å². The summed E-state index contributed by atoms with van der Waals surface area (Å²) < 4.78 is 5.37. The van der Waals surface area contributed by atoms with Crippen molar-refractivity contribution >= 4 is 17.2 Å². The number of piperazine rings is 1. The molecule has 1 aromatic rings. The van der Waals surface area contributed by atoms with Crippen LogP contribution >= 0.6 is 11.3 Å². The van der Waals surface area contributed by atoms with Crippen molar-refractivity contribution in [3.8, 4) is 0 Å². The van der Waals surface area contributed by atoms with E-state index in [0.29, 0.717) is 0 Å². The third-order valence-electron chi connectivity index (χ3n) is 4.29. The van der Waals surface area contributed by atoms with Gasteiger partial charge in [0.05, 0.1) is 25.5 Å². The van der Waals surface area contributed by atoms with Gasteiger partial charge in [0.25, 0.3) is 5.91 Å². The SMILES string of the molecule is Cc1nc(CN2CCOCC2)sc1C(=O)N1CCN(C)CC1. The van der Waals surface area contributed by atoms with Crippen molar-refractivity contribution in [1.82, 2.24) is 19.7 Å². The summed E-state index contributed by atoms with van der Waals surface area (Å²) >= 11 is 1.56. The van der Waals surface area contributed by atoms with E-state index < -0.39 is 0 Å². The molecular formula is C15H24N4O2S. The molecule has 0 atom stereocenters. The number of morpholine rings is 1. The van der Waals surface area contributed by atoms with Gasteiger partial charge in [-0.05, 0) is 14.0 Å². The molecule has 6 nitrogen and oxygen atoms in total. The minimum absolute atomic E-state index is 0.149. The molecule has 1 aromatic heterocycles. The average molecular weight is 324 g/mol. The Hall–Kier alpha value is -1.02. The lowest BCUT2D eigenvalue weighted by molar-refractivity contribution is 0.0341. The number of carbonyl (C=O) groups excluding carboxylic acids is 1. The van der Waals surface area contributed by atoms with Gasteiger partial charge in [0.1, 0.15) is 9.88 Å². The Morgan fingerprint density at radius 1 is 1.18 bits per heavy atom. The summed E-state index contributed by atoms with van der Waals surface area (Å²) in [6.07, 6.45) is 0. The summed E-state index contributed by atoms with van der Waals surface area (Å²) in [5.74, 6) is 0.149. The molecule has 1 amide bonds. The molecule has 22 heavy (non-hydrogen) atoms. The van der Waals surface area contributed by atoms with Gasteiger partial charge in [-0.25, -0.2) is 4.98 Å². The van der Waals surface area contributed by atoms with Gasteiger partial charge < -0.3 is 14.5 Å². The predicted octanol–water partition coefficient (Wildman–Crippen LogP) is 0.671. The van der Waals surface area contributed by atoms with E-state index in [2.05, 4.69) is 21.8 Å². The molecule has 2 aliphatic rings. The fourth-order valence-electron chi connectivity index (χ4n) is 2.82. The molecule has 0 aromatic carbocycles. The van der Waals surface area contributed by atoms with Crippen molar-refractivity contribution in [3.63, 3.8) is 0 Å². The van der Waals surface area contributed by atoms with Crippen molar-refractivity contribution in [1.29, 1.82) is 0 Å². The van der Waals surface area contributed by atoms with Crippen LogP contribution in [-0.4, -0.2) is 85.1 Å². The number of likely N-dealkylation sites (N-methyl/N-ethyl adjacent to an activating group) is 1. The van der Waals surface area contributed by atoms with Crippen LogP contribution in [0.4, 0.5) is 0 Å². The van der Waals surface area contributed by atoms with Crippen LogP contribution in [0.1, 0.15) is 20.4 Å². The van der Waals surface area contributed by atoms with E-state index in [9.17, 15) is 4.79 Å². The normalized spacial score (nSPS) is 21.3. The lowest BCUT2D eigenvalue weighted by Crippen LogP contribution is -2.47. The lowest BCUT2D eigenvalue weighted by Gasteiger charge is -2.32. The molecule has 3 rings (SSSR count). The molecule has 122 valence electrons. The Bertz CT molecular complexity index is 520. The van der Waals surface area contributed by atoms with Crippen molar-refractivity contribution < 1.29 is 9.53 Å². The van der Waals surface area contributed by atoms with Gasteiger partial charge in [-0.2, -0.15) is 0 Å². The average Bonchev–Trinajstić information content (AvgIpc) is 2.89. The van der Waals surface area contributed by atoms with E-state index in [0.717, 1.165) is 74.6 Å². The van der Waals surface area contributed by atoms with Crippen LogP contribution < -0.4 is 0 Å². The van der Waals surface area contributed by atoms with Crippen LogP contribution in [0.25, 0.3) is 0 Å². The highest BCUT2D eigenvalue weighted by molar-refractivity contribution is 7.13. The zero-order valence-corrected chi connectivity index (χ0v) is 14.2. The highest BCUT2D eigenvalue weighted by Crippen LogP contribution is 2.22. The zero-order valence-electron chi connectivity index (χ0n) is 13.4. The van der Waals surface area contributed by atoms with Crippen molar-refractivity contribution in [2.45, 2.75) is 13.5 Å². The van der Waals surface area contributed by atoms with E-state index in [1.165, 1.54) is 0 Å². The smallest absolute Gasteiger partial charge is 0.265 e. The summed E-state index contributed by atoms with van der Waals surface area (Å²) in [6.45, 7) is 9.76. The number of hydrogen-bond acceptors (Lipinski definition) is 6. The maximum Gasteiger partial charge on any atom is 0.265 e. The summed E-state index contributed by atoms with van der Waals surface area (Å²) in [7, 11) is 2.10. The van der Waals surface area contributed by atoms with E-state index in [1.807, 2.05) is 11.8 Å². The Labute approximate surface area is 135 Å². The molecule has 0 saturated carbocycles. The van der Waals surface area contributed by atoms with E-state index in [-0.39, 0.29) is 5.91 Å². The monoisotopic (exact) mass is 324 g/mol. The maximum atomic E-state index is 12.7. The van der Waals surface area contributed by atoms with E-state index >= 15 is 0 Å². The number of aryl methyl sites for hydroxylation is 1. The molecule has 0 spiro atoms. The zero-order chi connectivity index (χ0) is 15.5. The van der Waals surface area contributed by atoms with Gasteiger partial charge in [-0.3, -0.25) is 9.69 Å². The second kappa shape index (κ2) is 7.04. The summed E-state index contributed by atoms with van der Waals surface area (Å²) in [5, 5.41) is 1.04. The lowest BCUT2D eigenvalue weighted by atomic mass is 10.3. The third kappa shape index (κ3) is 3.65. The fourth-order valence-corrected chi connectivity index (χ4v) is 3.90. The minimum atomic E-state index is 0.149. The van der Waals surface area contributed by atoms with Crippen LogP contribution in [0.3, 0.4) is 0 Å². The summed E-state index contributed by atoms with van der Waals surface area (Å²) in [4.78, 5) is 24.7. The number of ether oxygens (including phenoxy) is 1. The molecule has 0 N–H and O–H groups in total. The van der Waals surface area contributed by atoms with Gasteiger partial charge in [0, 0.05) is 39.3 Å². The number of rotatable bonds is 3. The highest BCUT2D eigenvalue weighted by Gasteiger charge is 2.24. The quantitative estimate of drug-likeness (QED) is 0.818. The van der Waals surface area contributed by atoms with Gasteiger partial charge in [0.15, 0.2) is 0 Å². The maximum absolute atomic E-state index is 12.7. The first-order valence-electron chi connectivity index (χ1n) is 7.87. The molecule has 0 aliphatic carbocycles. The van der Waals surface area contributed by atoms with Crippen molar-refractivity contribution in [2.24, 2.45) is 0 Å². The third-order valence-corrected chi connectivity index (χ3v) is 5.42. The molecule has 3 heterocycles. The summed E-state index contributed by atoms with van der Waals surface area (Å²) in [6, 6.07) is 0. The van der Waals surface area contributed by atoms with Crippen molar-refractivity contribution in [2.75, 3.05) is 59.5 Å². The van der Waals surface area contributed by atoms with Crippen molar-refractivity contribution in [3.05, 3.63) is 15.6 Å². The van der Waals surface area contributed by atoms with Crippen LogP contribution in [0, 0.1) is 6.92 Å². The van der Waals surface area contributed by atoms with E-state index in [1.54, 1.807) is 11.3 Å². The molecule has 2 saturated heterocycles. The van der Waals surface area contributed by atoms with Gasteiger partial charge >= 0.3 is 0 Å². The second-order valence-electron chi connectivity index (χ2n) is 6.01. The van der Waals surface area contributed by atoms with Crippen LogP contribution in [-0.2, 0) is 11.3 Å². The highest BCUT2D eigenvalue weighted by atomic mass is 32.1. The minimum Gasteiger partial charge on any atom is -0.379 e. The number of hydrogen-bond donors (Lipinski definition) is 0. The van der Waals surface area contributed by atoms with Gasteiger partial charge in [-0.15, -0.1) is 11.3 Å². The largest absolute Gasteiger partial charge is 0.379 e. The Balaban J connectivity index is 1.65. The number of thiazole rings is 1. The fraction of sp³-hybridized carbons (Fsp3) is 0.733. The van der Waals surface area contributed by atoms with Gasteiger partial charge in [0.2, 0.25) is 0 Å². The molecule has 7 heteroatoms. The first-order chi connectivity index (χ1) is 10.6. The second-order valence-corrected chi connectivity index (χ2v) is 7.09. The molecule has 0 bridgehead atoms. The summed E-state index contributed by atoms with van der Waals surface area (Å²) in [5.41, 5.74) is 0.872. The molecule has 2 fully saturated rings. The van der Waals surface area contributed by atoms with Crippen LogP contribution in [0.15, 0.2) is 0 Å². The molecule has 2 aliphatic heterocycles. The molecule has 0 radical (unpaired) electrons. The molecule has 0 unspecified atom stereocenters. The van der Waals surface area contributed by atoms with Crippen LogP contribution in [0.5, 0.6) is 0 Å². The Morgan fingerprint density at radius 3 is 2.55 bits per heavy atom. The van der Waals surface area contributed by atoms with Gasteiger partial charge in [-0.1, -0.05) is 0 Å². The number of amides is 1. The number of carbonyl (C=O) groups is 1. The topological polar surface area (TPSA) is 48.9 Å². The first-order valence-corrected chi connectivity index (χ1v) is 8.69. The number of aromatic nitrogens is 1. The standard InChI is InChI=1S/C15H24N4O2S/c1-12-14(15(20)19-5-3-17(2)4-6-19)22-13(16-12)11-18-7-9-21-10-8-18/h3-11H2,1-2H3. The first kappa shape index (κ1) is 15.9. The Kier molecular flexibility index (Phi) is 5.07.